The van der Waals surface area contributed by atoms with Crippen LogP contribution in [0.15, 0.2) is 24.5 Å². The van der Waals surface area contributed by atoms with Gasteiger partial charge in [-0.3, -0.25) is 15.2 Å². The molecule has 0 radical (unpaired) electrons. The largest absolute Gasteiger partial charge is 0.502 e. The molecule has 1 aliphatic heterocycles. The number of rotatable bonds is 1. The van der Waals surface area contributed by atoms with Crippen molar-refractivity contribution >= 4 is 0 Å². The molecule has 0 saturated heterocycles. The van der Waals surface area contributed by atoms with Crippen molar-refractivity contribution in [1.29, 1.82) is 0 Å². The second kappa shape index (κ2) is 2.11. The van der Waals surface area contributed by atoms with Crippen LogP contribution in [0.2, 0.25) is 0 Å². The van der Waals surface area contributed by atoms with E-state index in [1.165, 1.54) is 12.2 Å². The Morgan fingerprint density at radius 3 is 2.60 bits per heavy atom. The molecule has 1 heterocycles. The van der Waals surface area contributed by atoms with Crippen molar-refractivity contribution in [3.8, 4) is 0 Å². The summed E-state index contributed by atoms with van der Waals surface area (Å²) in [5, 5.41) is 18.9. The molecule has 0 spiro atoms. The Hall–Kier alpha value is -1.36. The Bertz CT molecular complexity index is 210. The van der Waals surface area contributed by atoms with Crippen LogP contribution in [0.25, 0.3) is 0 Å². The topological polar surface area (TPSA) is 72.6 Å². The lowest BCUT2D eigenvalue weighted by atomic mass is 10.3. The van der Waals surface area contributed by atoms with Crippen LogP contribution >= 0.6 is 0 Å². The molecule has 0 aromatic rings. The number of aliphatic hydroxyl groups is 1. The lowest BCUT2D eigenvalue weighted by molar-refractivity contribution is -0.663. The van der Waals surface area contributed by atoms with Gasteiger partial charge in [-0.25, -0.2) is 0 Å². The summed E-state index contributed by atoms with van der Waals surface area (Å²) in [6.45, 7) is 0. The van der Waals surface area contributed by atoms with Crippen molar-refractivity contribution in [1.82, 2.24) is 0 Å². The van der Waals surface area contributed by atoms with E-state index < -0.39 is 10.8 Å². The average Bonchev–Trinajstić information content (AvgIpc) is 1.89. The number of ether oxygens (including phenoxy) is 1. The second-order valence-electron chi connectivity index (χ2n) is 1.72. The van der Waals surface area contributed by atoms with Gasteiger partial charge < -0.3 is 4.74 Å². The minimum absolute atomic E-state index is 0.924. The van der Waals surface area contributed by atoms with E-state index in [-0.39, 0.29) is 0 Å². The van der Waals surface area contributed by atoms with Gasteiger partial charge in [-0.1, -0.05) is 0 Å². The lowest BCUT2D eigenvalue weighted by Crippen LogP contribution is -2.38. The normalized spacial score (nSPS) is 29.7. The minimum atomic E-state index is -2.37. The first-order valence-corrected chi connectivity index (χ1v) is 2.54. The van der Waals surface area contributed by atoms with E-state index in [2.05, 4.69) is 4.74 Å². The summed E-state index contributed by atoms with van der Waals surface area (Å²) in [4.78, 5) is 9.10. The molecular formula is C5H5NO4. The maximum Gasteiger partial charge on any atom is 0.502 e. The van der Waals surface area contributed by atoms with Gasteiger partial charge in [-0.05, 0) is 12.2 Å². The smallest absolute Gasteiger partial charge is 0.410 e. The second-order valence-corrected chi connectivity index (χ2v) is 1.72. The summed E-state index contributed by atoms with van der Waals surface area (Å²) in [6.07, 6.45) is 4.79. The molecule has 54 valence electrons. The molecule has 1 unspecified atom stereocenters. The average molecular weight is 143 g/mol. The first-order valence-electron chi connectivity index (χ1n) is 2.54. The van der Waals surface area contributed by atoms with Gasteiger partial charge in [-0.2, -0.15) is 0 Å². The van der Waals surface area contributed by atoms with Crippen LogP contribution in [0.5, 0.6) is 0 Å². The molecule has 0 aromatic carbocycles. The fourth-order valence-corrected chi connectivity index (χ4v) is 0.509. The Morgan fingerprint density at radius 1 is 1.60 bits per heavy atom. The van der Waals surface area contributed by atoms with Gasteiger partial charge in [0, 0.05) is 0 Å². The highest BCUT2D eigenvalue weighted by Gasteiger charge is 2.40. The van der Waals surface area contributed by atoms with Gasteiger partial charge in [0.05, 0.1) is 12.3 Å². The Kier molecular flexibility index (Phi) is 1.42. The number of nitro groups is 1. The molecule has 1 aliphatic rings. The predicted molar refractivity (Wildman–Crippen MR) is 31.3 cm³/mol. The molecule has 10 heavy (non-hydrogen) atoms. The minimum Gasteiger partial charge on any atom is -0.410 e. The number of hydrogen-bond acceptors (Lipinski definition) is 4. The van der Waals surface area contributed by atoms with Gasteiger partial charge >= 0.3 is 5.91 Å². The first-order chi connectivity index (χ1) is 4.65. The van der Waals surface area contributed by atoms with E-state index in [4.69, 9.17) is 5.11 Å². The van der Waals surface area contributed by atoms with E-state index >= 15 is 0 Å². The number of hydrogen-bond donors (Lipinski definition) is 1. The third-order valence-corrected chi connectivity index (χ3v) is 1.01. The zero-order chi connectivity index (χ0) is 7.61. The summed E-state index contributed by atoms with van der Waals surface area (Å²) >= 11 is 0. The highest BCUT2D eigenvalue weighted by molar-refractivity contribution is 5.07. The third-order valence-electron chi connectivity index (χ3n) is 1.01. The zero-order valence-corrected chi connectivity index (χ0v) is 4.93. The molecule has 0 amide bonds. The highest BCUT2D eigenvalue weighted by Crippen LogP contribution is 2.13. The molecule has 5 nitrogen and oxygen atoms in total. The quantitative estimate of drug-likeness (QED) is 0.319. The van der Waals surface area contributed by atoms with Crippen molar-refractivity contribution in [3.63, 3.8) is 0 Å². The van der Waals surface area contributed by atoms with Gasteiger partial charge in [0.25, 0.3) is 0 Å². The summed E-state index contributed by atoms with van der Waals surface area (Å²) in [5.74, 6) is -2.37. The van der Waals surface area contributed by atoms with Crippen LogP contribution < -0.4 is 0 Å². The molecular weight excluding hydrogens is 138 g/mol. The third kappa shape index (κ3) is 0.985. The molecule has 1 atom stereocenters. The summed E-state index contributed by atoms with van der Waals surface area (Å²) < 4.78 is 4.32. The molecule has 5 heteroatoms. The van der Waals surface area contributed by atoms with E-state index in [9.17, 15) is 10.1 Å². The van der Waals surface area contributed by atoms with Crippen LogP contribution in [0, 0.1) is 10.1 Å². The number of allylic oxidation sites excluding steroid dienone is 2. The highest BCUT2D eigenvalue weighted by atomic mass is 16.8. The van der Waals surface area contributed by atoms with Gasteiger partial charge in [-0.15, -0.1) is 0 Å². The molecule has 1 rings (SSSR count). The van der Waals surface area contributed by atoms with E-state index in [0.717, 1.165) is 12.3 Å². The monoisotopic (exact) mass is 143 g/mol. The van der Waals surface area contributed by atoms with E-state index in [1.54, 1.807) is 0 Å². The van der Waals surface area contributed by atoms with Crippen molar-refractivity contribution in [3.05, 3.63) is 34.6 Å². The van der Waals surface area contributed by atoms with Gasteiger partial charge in [0.2, 0.25) is 0 Å². The SMILES string of the molecule is O=[N+]([O-])C1(O)C=CC=CO1. The Balaban J connectivity index is 2.80. The predicted octanol–water partition coefficient (Wildman–Crippen LogP) is 0.00930. The van der Waals surface area contributed by atoms with E-state index in [1.807, 2.05) is 0 Å². The molecule has 0 aliphatic carbocycles. The van der Waals surface area contributed by atoms with Crippen LogP contribution in [-0.4, -0.2) is 15.9 Å². The standard InChI is InChI=1S/C5H5NO4/c7-5(6(8)9)3-1-2-4-10-5/h1-4,7H. The van der Waals surface area contributed by atoms with Crippen molar-refractivity contribution in [2.75, 3.05) is 0 Å². The Labute approximate surface area is 56.4 Å². The Morgan fingerprint density at radius 2 is 2.30 bits per heavy atom. The molecule has 0 fully saturated rings. The lowest BCUT2D eigenvalue weighted by Gasteiger charge is -2.14. The first kappa shape index (κ1) is 6.76. The van der Waals surface area contributed by atoms with Crippen LogP contribution in [0.4, 0.5) is 0 Å². The maximum absolute atomic E-state index is 10.0. The van der Waals surface area contributed by atoms with Crippen LogP contribution in [-0.2, 0) is 4.74 Å². The summed E-state index contributed by atoms with van der Waals surface area (Å²) in [6, 6.07) is 0. The summed E-state index contributed by atoms with van der Waals surface area (Å²) in [5.41, 5.74) is 0. The molecule has 0 saturated carbocycles. The fraction of sp³-hybridized carbons (Fsp3) is 0.200. The van der Waals surface area contributed by atoms with Gasteiger partial charge in [0.15, 0.2) is 0 Å². The number of nitrogens with zero attached hydrogens (tertiary/aromatic N) is 1. The molecule has 0 bridgehead atoms. The van der Waals surface area contributed by atoms with Crippen molar-refractivity contribution in [2.24, 2.45) is 0 Å². The molecule has 1 N–H and O–H groups in total. The van der Waals surface area contributed by atoms with Crippen LogP contribution in [0.3, 0.4) is 0 Å². The van der Waals surface area contributed by atoms with Crippen molar-refractivity contribution < 1.29 is 14.8 Å². The zero-order valence-electron chi connectivity index (χ0n) is 4.93. The maximum atomic E-state index is 10.0. The van der Waals surface area contributed by atoms with Crippen LogP contribution in [0.1, 0.15) is 0 Å². The van der Waals surface area contributed by atoms with Gasteiger partial charge in [0.1, 0.15) is 4.92 Å². The van der Waals surface area contributed by atoms with E-state index in [0.29, 0.717) is 0 Å². The van der Waals surface area contributed by atoms with Crippen molar-refractivity contribution in [2.45, 2.75) is 5.91 Å². The summed E-state index contributed by atoms with van der Waals surface area (Å²) in [7, 11) is 0. The fourth-order valence-electron chi connectivity index (χ4n) is 0.509. The molecule has 0 aromatic heterocycles.